The molecule has 0 unspecified atom stereocenters. The van der Waals surface area contributed by atoms with E-state index in [1.54, 1.807) is 33.2 Å². The van der Waals surface area contributed by atoms with Crippen LogP contribution in [0.3, 0.4) is 0 Å². The quantitative estimate of drug-likeness (QED) is 0.114. The summed E-state index contributed by atoms with van der Waals surface area (Å²) in [6, 6.07) is 2.35. The molecule has 6 heterocycles. The zero-order valence-electron chi connectivity index (χ0n) is 28.5. The van der Waals surface area contributed by atoms with Gasteiger partial charge in [-0.1, -0.05) is 0 Å². The molecule has 0 aromatic carbocycles. The summed E-state index contributed by atoms with van der Waals surface area (Å²) in [5.41, 5.74) is 10.7. The maximum absolute atomic E-state index is 13.4. The molecule has 0 spiro atoms. The topological polar surface area (TPSA) is 168 Å². The van der Waals surface area contributed by atoms with Crippen LogP contribution in [-0.4, -0.2) is 55.1 Å². The van der Waals surface area contributed by atoms with Crippen molar-refractivity contribution in [1.29, 1.82) is 0 Å². The number of aryl methyl sites for hydroxylation is 2. The standard InChI is InChI=1S/C17H17FN4O2S.C10H9ClN2O2S.C7H9FN2/c1-4-24-16(23)14-15-13(9(2)8-25-15)21-17(22-14)20-10(3)11-5-12(18)7-19-6-11;1-3-15-9(14)7-8-6(5(2)4-16-8)12-10(11)13-7;1-5(9)6-2-7(8)4-10-3-6/h5-8,10H,4H2,1-3H3,(H,20,21,22);4H,3H2,1-2H3;2-5H,9H2,1H3/t10-;;5-/m0.0/s1. The van der Waals surface area contributed by atoms with Crippen LogP contribution in [-0.2, 0) is 9.47 Å². The fourth-order valence-corrected chi connectivity index (χ4v) is 6.50. The molecular formula is C34H35ClF2N8O4S2. The highest BCUT2D eigenvalue weighted by molar-refractivity contribution is 7.18. The molecule has 6 rings (SSSR count). The van der Waals surface area contributed by atoms with Crippen LogP contribution < -0.4 is 11.1 Å². The maximum atomic E-state index is 13.4. The Bertz CT molecular complexity index is 2150. The molecule has 0 radical (unpaired) electrons. The Kier molecular flexibility index (Phi) is 13.7. The Morgan fingerprint density at radius 1 is 0.804 bits per heavy atom. The Balaban J connectivity index is 0.000000191. The van der Waals surface area contributed by atoms with Crippen molar-refractivity contribution in [3.63, 3.8) is 0 Å². The SMILES string of the molecule is CCOC(=O)c1nc(Cl)nc2c(C)csc12.CCOC(=O)c1nc(N[C@@H](C)c2cncc(F)c2)nc2c(C)csc12.C[C@H](N)c1cncc(F)c1. The summed E-state index contributed by atoms with van der Waals surface area (Å²) in [7, 11) is 0. The maximum Gasteiger partial charge on any atom is 0.358 e. The van der Waals surface area contributed by atoms with E-state index in [-0.39, 0.29) is 47.1 Å². The first-order chi connectivity index (χ1) is 24.3. The minimum atomic E-state index is -0.486. The number of rotatable bonds is 8. The van der Waals surface area contributed by atoms with Crippen LogP contribution in [0, 0.1) is 25.5 Å². The van der Waals surface area contributed by atoms with E-state index in [4.69, 9.17) is 26.8 Å². The van der Waals surface area contributed by atoms with Crippen LogP contribution in [0.4, 0.5) is 14.7 Å². The second kappa shape index (κ2) is 17.9. The number of carbonyl (C=O) groups is 2. The van der Waals surface area contributed by atoms with Gasteiger partial charge in [0.1, 0.15) is 11.6 Å². The van der Waals surface area contributed by atoms with E-state index in [1.165, 1.54) is 34.8 Å². The zero-order chi connectivity index (χ0) is 37.2. The molecule has 0 bridgehead atoms. The first kappa shape index (κ1) is 39.0. The van der Waals surface area contributed by atoms with Crippen molar-refractivity contribution in [2.75, 3.05) is 18.5 Å². The Labute approximate surface area is 305 Å². The lowest BCUT2D eigenvalue weighted by molar-refractivity contribution is 0.0513. The summed E-state index contributed by atoms with van der Waals surface area (Å²) in [6.07, 6.45) is 5.44. The second-order valence-corrected chi connectivity index (χ2v) is 13.0. The number of nitrogens with one attached hydrogen (secondary N) is 1. The van der Waals surface area contributed by atoms with Gasteiger partial charge in [-0.25, -0.2) is 38.3 Å². The van der Waals surface area contributed by atoms with E-state index in [0.29, 0.717) is 27.9 Å². The van der Waals surface area contributed by atoms with Gasteiger partial charge in [-0.05, 0) is 98.3 Å². The molecule has 2 atom stereocenters. The molecule has 6 aromatic heterocycles. The monoisotopic (exact) mass is 756 g/mol. The van der Waals surface area contributed by atoms with Crippen molar-refractivity contribution in [2.45, 2.75) is 53.6 Å². The molecule has 17 heteroatoms. The van der Waals surface area contributed by atoms with Crippen LogP contribution in [0.1, 0.15) is 83.0 Å². The number of nitrogens with zero attached hydrogens (tertiary/aromatic N) is 6. The number of esters is 2. The largest absolute Gasteiger partial charge is 0.461 e. The van der Waals surface area contributed by atoms with E-state index < -0.39 is 17.8 Å². The summed E-state index contributed by atoms with van der Waals surface area (Å²) in [4.78, 5) is 48.2. The van der Waals surface area contributed by atoms with Gasteiger partial charge in [0.05, 0.1) is 52.1 Å². The van der Waals surface area contributed by atoms with E-state index >= 15 is 0 Å². The van der Waals surface area contributed by atoms with E-state index in [9.17, 15) is 18.4 Å². The van der Waals surface area contributed by atoms with Crippen molar-refractivity contribution >= 4 is 72.6 Å². The van der Waals surface area contributed by atoms with Crippen LogP contribution in [0.15, 0.2) is 47.7 Å². The van der Waals surface area contributed by atoms with E-state index in [0.717, 1.165) is 33.8 Å². The molecule has 0 fully saturated rings. The lowest BCUT2D eigenvalue weighted by Gasteiger charge is -2.15. The Morgan fingerprint density at radius 2 is 1.29 bits per heavy atom. The smallest absolute Gasteiger partial charge is 0.358 e. The number of ether oxygens (including phenoxy) is 2. The molecule has 6 aromatic rings. The van der Waals surface area contributed by atoms with E-state index in [2.05, 4.69) is 35.2 Å². The van der Waals surface area contributed by atoms with Gasteiger partial charge in [0, 0.05) is 18.4 Å². The van der Waals surface area contributed by atoms with Crippen LogP contribution in [0.25, 0.3) is 20.4 Å². The van der Waals surface area contributed by atoms with Gasteiger partial charge in [0.2, 0.25) is 11.2 Å². The third kappa shape index (κ3) is 10.2. The summed E-state index contributed by atoms with van der Waals surface area (Å²) in [6.45, 7) is 11.5. The minimum absolute atomic E-state index is 0.0667. The Morgan fingerprint density at radius 3 is 1.78 bits per heavy atom. The van der Waals surface area contributed by atoms with Gasteiger partial charge >= 0.3 is 11.9 Å². The first-order valence-electron chi connectivity index (χ1n) is 15.6. The number of hydrogen-bond acceptors (Lipinski definition) is 14. The molecule has 268 valence electrons. The Hall–Kier alpha value is -4.77. The number of nitrogens with two attached hydrogens (primary N) is 1. The number of aromatic nitrogens is 6. The predicted octanol–water partition coefficient (Wildman–Crippen LogP) is 7.95. The highest BCUT2D eigenvalue weighted by Crippen LogP contribution is 2.30. The lowest BCUT2D eigenvalue weighted by atomic mass is 10.1. The van der Waals surface area contributed by atoms with E-state index in [1.807, 2.05) is 31.5 Å². The molecule has 51 heavy (non-hydrogen) atoms. The molecule has 0 amide bonds. The van der Waals surface area contributed by atoms with Crippen molar-refractivity contribution in [3.05, 3.63) is 98.2 Å². The fraction of sp³-hybridized carbons (Fsp3) is 0.294. The average Bonchev–Trinajstić information content (AvgIpc) is 3.66. The lowest BCUT2D eigenvalue weighted by Crippen LogP contribution is -2.14. The van der Waals surface area contributed by atoms with Crippen molar-refractivity contribution in [2.24, 2.45) is 5.73 Å². The number of thiophene rings is 2. The average molecular weight is 757 g/mol. The van der Waals surface area contributed by atoms with Gasteiger partial charge in [0.25, 0.3) is 0 Å². The van der Waals surface area contributed by atoms with Gasteiger partial charge in [-0.15, -0.1) is 22.7 Å². The third-order valence-electron chi connectivity index (χ3n) is 6.92. The molecule has 12 nitrogen and oxygen atoms in total. The van der Waals surface area contributed by atoms with Crippen LogP contribution >= 0.6 is 34.3 Å². The number of hydrogen-bond donors (Lipinski definition) is 2. The van der Waals surface area contributed by atoms with Crippen LogP contribution in [0.2, 0.25) is 5.28 Å². The highest BCUT2D eigenvalue weighted by atomic mass is 35.5. The molecule has 0 aliphatic heterocycles. The predicted molar refractivity (Wildman–Crippen MR) is 194 cm³/mol. The number of pyridine rings is 2. The molecule has 0 aliphatic carbocycles. The molecular weight excluding hydrogens is 722 g/mol. The first-order valence-corrected chi connectivity index (χ1v) is 17.7. The molecule has 3 N–H and O–H groups in total. The molecule has 0 saturated heterocycles. The number of halogens is 3. The second-order valence-electron chi connectivity index (χ2n) is 10.9. The minimum Gasteiger partial charge on any atom is -0.461 e. The van der Waals surface area contributed by atoms with Crippen LogP contribution in [0.5, 0.6) is 0 Å². The number of carbonyl (C=O) groups excluding carboxylic acids is 2. The van der Waals surface area contributed by atoms with Gasteiger partial charge in [-0.3, -0.25) is 9.97 Å². The molecule has 0 saturated carbocycles. The summed E-state index contributed by atoms with van der Waals surface area (Å²) < 4.78 is 37.2. The fourth-order valence-electron chi connectivity index (χ4n) is 4.40. The van der Waals surface area contributed by atoms with Crippen molar-refractivity contribution in [3.8, 4) is 0 Å². The molecule has 0 aliphatic rings. The number of fused-ring (bicyclic) bond motifs is 2. The third-order valence-corrected chi connectivity index (χ3v) is 9.28. The van der Waals surface area contributed by atoms with Crippen molar-refractivity contribution < 1.29 is 27.8 Å². The highest BCUT2D eigenvalue weighted by Gasteiger charge is 2.20. The van der Waals surface area contributed by atoms with Gasteiger partial charge in [-0.2, -0.15) is 0 Å². The zero-order valence-corrected chi connectivity index (χ0v) is 30.9. The van der Waals surface area contributed by atoms with Gasteiger partial charge < -0.3 is 20.5 Å². The van der Waals surface area contributed by atoms with Crippen molar-refractivity contribution in [1.82, 2.24) is 29.9 Å². The number of anilines is 1. The summed E-state index contributed by atoms with van der Waals surface area (Å²) in [5, 5.41) is 7.00. The summed E-state index contributed by atoms with van der Waals surface area (Å²) >= 11 is 8.60. The van der Waals surface area contributed by atoms with Gasteiger partial charge in [0.15, 0.2) is 11.4 Å². The normalized spacial score (nSPS) is 11.9. The summed E-state index contributed by atoms with van der Waals surface area (Å²) in [5.74, 6) is -1.41.